The minimum atomic E-state index is -0.374. The summed E-state index contributed by atoms with van der Waals surface area (Å²) in [5.41, 5.74) is 0. The van der Waals surface area contributed by atoms with Gasteiger partial charge in [0.1, 0.15) is 6.54 Å². The highest BCUT2D eigenvalue weighted by Gasteiger charge is 2.13. The van der Waals surface area contributed by atoms with Crippen LogP contribution in [0, 0.1) is 5.92 Å². The molecule has 0 aliphatic carbocycles. The third kappa shape index (κ3) is 6.71. The van der Waals surface area contributed by atoms with Crippen LogP contribution < -0.4 is 0 Å². The van der Waals surface area contributed by atoms with E-state index in [1.807, 2.05) is 13.8 Å². The summed E-state index contributed by atoms with van der Waals surface area (Å²) in [5, 5.41) is 0. The van der Waals surface area contributed by atoms with Crippen LogP contribution in [0.1, 0.15) is 20.8 Å². The molecule has 0 spiro atoms. The molecule has 0 bridgehead atoms. The number of amides is 1. The Balaban J connectivity index is 3.99. The fourth-order valence-electron chi connectivity index (χ4n) is 0.921. The highest BCUT2D eigenvalue weighted by Crippen LogP contribution is 1.96. The van der Waals surface area contributed by atoms with Crippen molar-refractivity contribution in [2.45, 2.75) is 20.8 Å². The van der Waals surface area contributed by atoms with Crippen LogP contribution in [0.4, 0.5) is 0 Å². The molecule has 0 rings (SSSR count). The van der Waals surface area contributed by atoms with Crippen molar-refractivity contribution in [1.82, 2.24) is 4.90 Å². The van der Waals surface area contributed by atoms with Gasteiger partial charge in [0.2, 0.25) is 5.91 Å². The molecule has 0 aliphatic heterocycles. The lowest BCUT2D eigenvalue weighted by molar-refractivity contribution is -0.149. The molecule has 4 heteroatoms. The Hall–Kier alpha value is -1.32. The maximum absolute atomic E-state index is 11.3. The minimum Gasteiger partial charge on any atom is -0.464 e. The Morgan fingerprint density at radius 2 is 2.07 bits per heavy atom. The van der Waals surface area contributed by atoms with Crippen LogP contribution in [0.15, 0.2) is 12.7 Å². The number of carbonyl (C=O) groups is 2. The quantitative estimate of drug-likeness (QED) is 0.492. The van der Waals surface area contributed by atoms with E-state index in [1.54, 1.807) is 6.08 Å². The van der Waals surface area contributed by atoms with Gasteiger partial charge in [-0.2, -0.15) is 0 Å². The summed E-state index contributed by atoms with van der Waals surface area (Å²) in [4.78, 5) is 23.7. The first-order valence-corrected chi connectivity index (χ1v) is 4.99. The van der Waals surface area contributed by atoms with Crippen molar-refractivity contribution in [3.05, 3.63) is 12.7 Å². The van der Waals surface area contributed by atoms with Gasteiger partial charge in [0.25, 0.3) is 0 Å². The second-order valence-corrected chi connectivity index (χ2v) is 3.77. The summed E-state index contributed by atoms with van der Waals surface area (Å²) in [7, 11) is 0. The molecule has 0 fully saturated rings. The first kappa shape index (κ1) is 13.7. The van der Waals surface area contributed by atoms with Crippen LogP contribution in [0.5, 0.6) is 0 Å². The number of carbonyl (C=O) groups excluding carboxylic acids is 2. The zero-order chi connectivity index (χ0) is 11.8. The predicted octanol–water partition coefficient (Wildman–Crippen LogP) is 1.22. The Bertz CT molecular complexity index is 236. The highest BCUT2D eigenvalue weighted by atomic mass is 16.5. The molecule has 0 saturated carbocycles. The molecule has 0 aliphatic rings. The summed E-state index contributed by atoms with van der Waals surface area (Å²) >= 11 is 0. The lowest BCUT2D eigenvalue weighted by Crippen LogP contribution is -2.35. The van der Waals surface area contributed by atoms with Crippen LogP contribution in [0.2, 0.25) is 0 Å². The van der Waals surface area contributed by atoms with Gasteiger partial charge in [-0.05, 0) is 5.92 Å². The maximum Gasteiger partial charge on any atom is 0.325 e. The topological polar surface area (TPSA) is 46.6 Å². The lowest BCUT2D eigenvalue weighted by Gasteiger charge is -2.18. The Kier molecular flexibility index (Phi) is 6.42. The van der Waals surface area contributed by atoms with E-state index in [0.29, 0.717) is 19.1 Å². The molecular formula is C11H19NO3. The third-order valence-corrected chi connectivity index (χ3v) is 1.69. The summed E-state index contributed by atoms with van der Waals surface area (Å²) < 4.78 is 4.96. The first-order valence-electron chi connectivity index (χ1n) is 4.99. The van der Waals surface area contributed by atoms with Crippen molar-refractivity contribution in [3.8, 4) is 0 Å². The highest BCUT2D eigenvalue weighted by molar-refractivity contribution is 5.80. The molecule has 0 unspecified atom stereocenters. The number of nitrogens with zero attached hydrogens (tertiary/aromatic N) is 1. The van der Waals surface area contributed by atoms with Crippen LogP contribution in [-0.4, -0.2) is 36.5 Å². The van der Waals surface area contributed by atoms with Crippen LogP contribution in [-0.2, 0) is 14.3 Å². The molecule has 0 saturated heterocycles. The first-order chi connectivity index (χ1) is 6.97. The molecular weight excluding hydrogens is 194 g/mol. The summed E-state index contributed by atoms with van der Waals surface area (Å²) in [6.45, 7) is 9.60. The monoisotopic (exact) mass is 213 g/mol. The van der Waals surface area contributed by atoms with Crippen molar-refractivity contribution in [2.75, 3.05) is 19.7 Å². The molecule has 0 N–H and O–H groups in total. The number of hydrogen-bond acceptors (Lipinski definition) is 3. The Morgan fingerprint density at radius 1 is 1.47 bits per heavy atom. The van der Waals surface area contributed by atoms with Gasteiger partial charge in [-0.15, -0.1) is 6.58 Å². The lowest BCUT2D eigenvalue weighted by atomic mass is 10.2. The number of ether oxygens (including phenoxy) is 1. The van der Waals surface area contributed by atoms with E-state index in [9.17, 15) is 9.59 Å². The molecule has 0 aromatic carbocycles. The van der Waals surface area contributed by atoms with E-state index in [0.717, 1.165) is 0 Å². The van der Waals surface area contributed by atoms with Gasteiger partial charge in [0.05, 0.1) is 6.61 Å². The number of rotatable bonds is 6. The molecule has 86 valence electrons. The SMILES string of the molecule is C=CCN(CC(=O)OCC(C)C)C(C)=O. The zero-order valence-corrected chi connectivity index (χ0v) is 9.66. The van der Waals surface area contributed by atoms with E-state index in [1.165, 1.54) is 11.8 Å². The fraction of sp³-hybridized carbons (Fsp3) is 0.636. The van der Waals surface area contributed by atoms with Crippen LogP contribution in [0.25, 0.3) is 0 Å². The smallest absolute Gasteiger partial charge is 0.325 e. The average Bonchev–Trinajstić information content (AvgIpc) is 2.14. The van der Waals surface area contributed by atoms with Crippen molar-refractivity contribution in [2.24, 2.45) is 5.92 Å². The van der Waals surface area contributed by atoms with Gasteiger partial charge in [-0.3, -0.25) is 9.59 Å². The minimum absolute atomic E-state index is 0.00588. The van der Waals surface area contributed by atoms with Crippen molar-refractivity contribution in [3.63, 3.8) is 0 Å². The maximum atomic E-state index is 11.3. The second kappa shape index (κ2) is 7.04. The van der Waals surface area contributed by atoms with E-state index in [2.05, 4.69) is 6.58 Å². The van der Waals surface area contributed by atoms with Crippen molar-refractivity contribution >= 4 is 11.9 Å². The molecule has 1 amide bonds. The average molecular weight is 213 g/mol. The summed E-state index contributed by atoms with van der Waals surface area (Å²) in [5.74, 6) is -0.226. The largest absolute Gasteiger partial charge is 0.464 e. The molecule has 0 radical (unpaired) electrons. The van der Waals surface area contributed by atoms with Crippen molar-refractivity contribution in [1.29, 1.82) is 0 Å². The molecule has 0 aromatic heterocycles. The van der Waals surface area contributed by atoms with E-state index in [-0.39, 0.29) is 18.4 Å². The standard InChI is InChI=1S/C11H19NO3/c1-5-6-12(10(4)13)7-11(14)15-8-9(2)3/h5,9H,1,6-8H2,2-4H3. The normalized spacial score (nSPS) is 9.87. The number of esters is 1. The summed E-state index contributed by atoms with van der Waals surface area (Å²) in [6.07, 6.45) is 1.58. The van der Waals surface area contributed by atoms with Gasteiger partial charge in [-0.25, -0.2) is 0 Å². The van der Waals surface area contributed by atoms with Crippen LogP contribution >= 0.6 is 0 Å². The second-order valence-electron chi connectivity index (χ2n) is 3.77. The summed E-state index contributed by atoms with van der Waals surface area (Å²) in [6, 6.07) is 0. The van der Waals surface area contributed by atoms with Crippen molar-refractivity contribution < 1.29 is 14.3 Å². The van der Waals surface area contributed by atoms with Gasteiger partial charge in [0.15, 0.2) is 0 Å². The molecule has 0 heterocycles. The Morgan fingerprint density at radius 3 is 2.47 bits per heavy atom. The molecule has 4 nitrogen and oxygen atoms in total. The Labute approximate surface area is 90.9 Å². The van der Waals surface area contributed by atoms with Crippen LogP contribution in [0.3, 0.4) is 0 Å². The third-order valence-electron chi connectivity index (χ3n) is 1.69. The molecule has 0 aromatic rings. The number of hydrogen-bond donors (Lipinski definition) is 0. The molecule has 15 heavy (non-hydrogen) atoms. The zero-order valence-electron chi connectivity index (χ0n) is 9.66. The van der Waals surface area contributed by atoms with Gasteiger partial charge in [-0.1, -0.05) is 19.9 Å². The predicted molar refractivity (Wildman–Crippen MR) is 58.2 cm³/mol. The van der Waals surface area contributed by atoms with Gasteiger partial charge in [0, 0.05) is 13.5 Å². The molecule has 0 atom stereocenters. The van der Waals surface area contributed by atoms with E-state index >= 15 is 0 Å². The van der Waals surface area contributed by atoms with E-state index in [4.69, 9.17) is 4.74 Å². The van der Waals surface area contributed by atoms with E-state index < -0.39 is 0 Å². The van der Waals surface area contributed by atoms with Gasteiger partial charge < -0.3 is 9.64 Å². The van der Waals surface area contributed by atoms with Gasteiger partial charge >= 0.3 is 5.97 Å². The fourth-order valence-corrected chi connectivity index (χ4v) is 0.921.